The van der Waals surface area contributed by atoms with Crippen molar-refractivity contribution in [1.82, 2.24) is 9.88 Å². The van der Waals surface area contributed by atoms with Crippen LogP contribution in [0.3, 0.4) is 0 Å². The van der Waals surface area contributed by atoms with Crippen molar-refractivity contribution in [2.45, 2.75) is 27.2 Å². The number of aromatic nitrogens is 1. The van der Waals surface area contributed by atoms with Crippen molar-refractivity contribution < 1.29 is 14.6 Å². The predicted molar refractivity (Wildman–Crippen MR) is 108 cm³/mol. The summed E-state index contributed by atoms with van der Waals surface area (Å²) >= 11 is 1.46. The van der Waals surface area contributed by atoms with E-state index in [1.807, 2.05) is 49.3 Å². The lowest BCUT2D eigenvalue weighted by atomic mass is 10.1. The largest absolute Gasteiger partial charge is 0.510 e. The van der Waals surface area contributed by atoms with Gasteiger partial charge in [0.15, 0.2) is 11.5 Å². The molecule has 3 rings (SSSR count). The number of aryl methyl sites for hydroxylation is 1. The van der Waals surface area contributed by atoms with Crippen LogP contribution < -0.4 is 9.47 Å². The summed E-state index contributed by atoms with van der Waals surface area (Å²) in [6.07, 6.45) is 0.742. The lowest BCUT2D eigenvalue weighted by Gasteiger charge is -2.19. The summed E-state index contributed by atoms with van der Waals surface area (Å²) in [4.78, 5) is 6.28. The summed E-state index contributed by atoms with van der Waals surface area (Å²) in [5, 5.41) is 21.4. The molecule has 0 unspecified atom stereocenters. The molecule has 1 aromatic carbocycles. The Balaban J connectivity index is 1.67. The highest BCUT2D eigenvalue weighted by Gasteiger charge is 2.29. The molecule has 0 saturated carbocycles. The van der Waals surface area contributed by atoms with Crippen LogP contribution in [0.4, 0.5) is 0 Å². The number of nitrogens with one attached hydrogen (secondary N) is 1. The molecular formula is C20H25N3O3S. The molecule has 0 saturated heterocycles. The van der Waals surface area contributed by atoms with E-state index in [4.69, 9.17) is 14.9 Å². The zero-order valence-electron chi connectivity index (χ0n) is 15.9. The predicted octanol–water partition coefficient (Wildman–Crippen LogP) is 4.05. The van der Waals surface area contributed by atoms with Crippen LogP contribution >= 0.6 is 11.3 Å². The summed E-state index contributed by atoms with van der Waals surface area (Å²) < 4.78 is 11.3. The number of aliphatic hydroxyl groups excluding tert-OH is 1. The number of nitrogens with zero attached hydrogens (tertiary/aromatic N) is 2. The van der Waals surface area contributed by atoms with Gasteiger partial charge in [-0.3, -0.25) is 5.41 Å². The Labute approximate surface area is 163 Å². The standard InChI is InChI=1S/C20H25N3O3S/c1-4-25-16-7-6-14(10-17(16)26-5-2)8-9-23-11-15(24)18(19(23)21)20-22-13(3)12-27-20/h6-7,10,12,21,24H,4-5,8-9,11H2,1-3H3. The van der Waals surface area contributed by atoms with Gasteiger partial charge in [-0.15, -0.1) is 11.3 Å². The number of hydrogen-bond acceptors (Lipinski definition) is 6. The number of ether oxygens (including phenoxy) is 2. The Bertz CT molecular complexity index is 860. The number of rotatable bonds is 8. The third kappa shape index (κ3) is 4.24. The molecule has 27 heavy (non-hydrogen) atoms. The van der Waals surface area contributed by atoms with E-state index >= 15 is 0 Å². The summed E-state index contributed by atoms with van der Waals surface area (Å²) in [7, 11) is 0. The highest BCUT2D eigenvalue weighted by molar-refractivity contribution is 7.11. The zero-order chi connectivity index (χ0) is 19.4. The van der Waals surface area contributed by atoms with Gasteiger partial charge in [-0.25, -0.2) is 4.98 Å². The molecule has 2 N–H and O–H groups in total. The summed E-state index contributed by atoms with van der Waals surface area (Å²) in [5.74, 6) is 2.04. The highest BCUT2D eigenvalue weighted by atomic mass is 32.1. The fraction of sp³-hybridized carbons (Fsp3) is 0.400. The van der Waals surface area contributed by atoms with E-state index in [0.717, 1.165) is 29.2 Å². The molecule has 6 nitrogen and oxygen atoms in total. The molecule has 0 amide bonds. The second kappa shape index (κ2) is 8.43. The minimum Gasteiger partial charge on any atom is -0.510 e. The van der Waals surface area contributed by atoms with E-state index in [-0.39, 0.29) is 5.76 Å². The van der Waals surface area contributed by atoms with Crippen LogP contribution in [0.1, 0.15) is 30.1 Å². The third-order valence-corrected chi connectivity index (χ3v) is 5.27. The molecule has 0 fully saturated rings. The second-order valence-corrected chi connectivity index (χ2v) is 7.14. The third-order valence-electron chi connectivity index (χ3n) is 4.29. The van der Waals surface area contributed by atoms with E-state index in [2.05, 4.69) is 4.98 Å². The molecule has 2 heterocycles. The van der Waals surface area contributed by atoms with Crippen LogP contribution in [0, 0.1) is 12.3 Å². The first-order valence-corrected chi connectivity index (χ1v) is 9.98. The van der Waals surface area contributed by atoms with E-state index in [9.17, 15) is 5.11 Å². The summed E-state index contributed by atoms with van der Waals surface area (Å²) in [5.41, 5.74) is 2.56. The average molecular weight is 388 g/mol. The maximum Gasteiger partial charge on any atom is 0.161 e. The van der Waals surface area contributed by atoms with Gasteiger partial charge in [0.05, 0.1) is 25.3 Å². The molecule has 0 radical (unpaired) electrons. The van der Waals surface area contributed by atoms with E-state index in [0.29, 0.717) is 42.7 Å². The minimum absolute atomic E-state index is 0.219. The highest BCUT2D eigenvalue weighted by Crippen LogP contribution is 2.31. The number of benzene rings is 1. The van der Waals surface area contributed by atoms with Crippen molar-refractivity contribution in [3.05, 3.63) is 45.6 Å². The Morgan fingerprint density at radius 2 is 1.96 bits per heavy atom. The van der Waals surface area contributed by atoms with Gasteiger partial charge in [0, 0.05) is 17.6 Å². The Morgan fingerprint density at radius 1 is 1.22 bits per heavy atom. The molecular weight excluding hydrogens is 362 g/mol. The van der Waals surface area contributed by atoms with Crippen molar-refractivity contribution in [1.29, 1.82) is 5.41 Å². The number of hydrogen-bond donors (Lipinski definition) is 2. The molecule has 2 aromatic rings. The monoisotopic (exact) mass is 387 g/mol. The van der Waals surface area contributed by atoms with Crippen molar-refractivity contribution in [3.8, 4) is 11.5 Å². The first-order chi connectivity index (χ1) is 13.0. The van der Waals surface area contributed by atoms with Gasteiger partial charge in [0.2, 0.25) is 0 Å². The normalized spacial score (nSPS) is 14.2. The molecule has 1 aliphatic rings. The van der Waals surface area contributed by atoms with Gasteiger partial charge < -0.3 is 19.5 Å². The fourth-order valence-corrected chi connectivity index (χ4v) is 3.90. The van der Waals surface area contributed by atoms with Crippen LogP contribution in [-0.4, -0.2) is 47.1 Å². The molecule has 1 aliphatic heterocycles. The lowest BCUT2D eigenvalue weighted by molar-refractivity contribution is 0.287. The molecule has 7 heteroatoms. The molecule has 1 aromatic heterocycles. The SMILES string of the molecule is CCOc1ccc(CCN2CC(O)=C(c3nc(C)cs3)C2=N)cc1OCC. The summed E-state index contributed by atoms with van der Waals surface area (Å²) in [6.45, 7) is 7.96. The van der Waals surface area contributed by atoms with Crippen LogP contribution in [0.15, 0.2) is 29.3 Å². The molecule has 0 atom stereocenters. The van der Waals surface area contributed by atoms with Gasteiger partial charge in [0.1, 0.15) is 16.6 Å². The van der Waals surface area contributed by atoms with Crippen molar-refractivity contribution in [3.63, 3.8) is 0 Å². The van der Waals surface area contributed by atoms with Crippen LogP contribution in [0.5, 0.6) is 11.5 Å². The molecule has 144 valence electrons. The fourth-order valence-electron chi connectivity index (χ4n) is 3.03. The van der Waals surface area contributed by atoms with Crippen LogP contribution in [0.25, 0.3) is 5.57 Å². The van der Waals surface area contributed by atoms with Gasteiger partial charge in [-0.1, -0.05) is 6.07 Å². The van der Waals surface area contributed by atoms with Crippen molar-refractivity contribution in [2.75, 3.05) is 26.3 Å². The minimum atomic E-state index is 0.219. The first-order valence-electron chi connectivity index (χ1n) is 9.10. The topological polar surface area (TPSA) is 78.7 Å². The molecule has 0 bridgehead atoms. The van der Waals surface area contributed by atoms with Crippen LogP contribution in [-0.2, 0) is 6.42 Å². The van der Waals surface area contributed by atoms with E-state index in [1.165, 1.54) is 11.3 Å². The van der Waals surface area contributed by atoms with E-state index < -0.39 is 0 Å². The Hall–Kier alpha value is -2.54. The van der Waals surface area contributed by atoms with E-state index in [1.54, 1.807) is 0 Å². The van der Waals surface area contributed by atoms with Gasteiger partial charge in [-0.05, 0) is 44.9 Å². The number of amidine groups is 1. The number of aliphatic hydroxyl groups is 1. The van der Waals surface area contributed by atoms with Gasteiger partial charge in [-0.2, -0.15) is 0 Å². The van der Waals surface area contributed by atoms with Gasteiger partial charge >= 0.3 is 0 Å². The second-order valence-electron chi connectivity index (χ2n) is 6.28. The first kappa shape index (κ1) is 19.2. The van der Waals surface area contributed by atoms with Crippen molar-refractivity contribution in [2.24, 2.45) is 0 Å². The van der Waals surface area contributed by atoms with Crippen molar-refractivity contribution >= 4 is 22.7 Å². The maximum absolute atomic E-state index is 10.3. The zero-order valence-corrected chi connectivity index (χ0v) is 16.7. The smallest absolute Gasteiger partial charge is 0.161 e. The quantitative estimate of drug-likeness (QED) is 0.714. The average Bonchev–Trinajstić information content (AvgIpc) is 3.18. The lowest BCUT2D eigenvalue weighted by Crippen LogP contribution is -2.28. The van der Waals surface area contributed by atoms with Crippen LogP contribution in [0.2, 0.25) is 0 Å². The Morgan fingerprint density at radius 3 is 2.63 bits per heavy atom. The summed E-state index contributed by atoms with van der Waals surface area (Å²) in [6, 6.07) is 5.94. The molecule has 0 aliphatic carbocycles. The molecule has 0 spiro atoms. The number of thiazole rings is 1. The Kier molecular flexibility index (Phi) is 6.01. The van der Waals surface area contributed by atoms with Gasteiger partial charge in [0.25, 0.3) is 0 Å². The maximum atomic E-state index is 10.3.